The number of rotatable bonds is 6. The lowest BCUT2D eigenvalue weighted by Crippen LogP contribution is -2.57. The molecule has 2 saturated heterocycles. The Kier molecular flexibility index (Phi) is 6.75. The van der Waals surface area contributed by atoms with Crippen LogP contribution in [0.1, 0.15) is 49.7 Å². The molecule has 0 spiro atoms. The van der Waals surface area contributed by atoms with Gasteiger partial charge in [-0.2, -0.15) is 0 Å². The second kappa shape index (κ2) is 9.83. The number of fused-ring (bicyclic) bond motifs is 1. The van der Waals surface area contributed by atoms with E-state index in [1.165, 1.54) is 0 Å². The third-order valence-corrected chi connectivity index (χ3v) is 8.53. The number of carbonyl (C=O) groups excluding carboxylic acids is 2. The van der Waals surface area contributed by atoms with Gasteiger partial charge in [-0.1, -0.05) is 92.3 Å². The van der Waals surface area contributed by atoms with Crippen molar-refractivity contribution in [2.75, 3.05) is 4.90 Å². The number of benzene rings is 2. The molecule has 1 saturated carbocycles. The zero-order valence-electron chi connectivity index (χ0n) is 20.3. The van der Waals surface area contributed by atoms with Crippen LogP contribution in [0.15, 0.2) is 54.6 Å². The van der Waals surface area contributed by atoms with Crippen LogP contribution >= 0.6 is 11.6 Å². The maximum Gasteiger partial charge on any atom is 0.324 e. The van der Waals surface area contributed by atoms with Crippen molar-refractivity contribution >= 4 is 41.1 Å². The number of hydrogen-bond donors (Lipinski definition) is 2. The Labute approximate surface area is 216 Å². The minimum atomic E-state index is -1.51. The predicted molar refractivity (Wildman–Crippen MR) is 140 cm³/mol. The summed E-state index contributed by atoms with van der Waals surface area (Å²) in [5, 5.41) is 14.3. The van der Waals surface area contributed by atoms with Gasteiger partial charge in [0.1, 0.15) is 5.54 Å². The first-order valence-electron chi connectivity index (χ1n) is 12.7. The number of imide groups is 1. The van der Waals surface area contributed by atoms with Gasteiger partial charge in [0, 0.05) is 11.1 Å². The van der Waals surface area contributed by atoms with E-state index in [4.69, 9.17) is 11.6 Å². The van der Waals surface area contributed by atoms with Crippen molar-refractivity contribution in [2.45, 2.75) is 57.0 Å². The highest BCUT2D eigenvalue weighted by Gasteiger charge is 2.68. The lowest BCUT2D eigenvalue weighted by molar-refractivity contribution is -0.150. The van der Waals surface area contributed by atoms with E-state index in [1.54, 1.807) is 18.2 Å². The smallest absolute Gasteiger partial charge is 0.324 e. The summed E-state index contributed by atoms with van der Waals surface area (Å²) in [6.07, 6.45) is 9.22. The quantitative estimate of drug-likeness (QED) is 0.524. The van der Waals surface area contributed by atoms with Gasteiger partial charge in [-0.15, -0.1) is 0 Å². The molecular formula is C29H31ClN2O4. The molecule has 4 atom stereocenters. The maximum atomic E-state index is 13.9. The Morgan fingerprint density at radius 3 is 2.50 bits per heavy atom. The number of anilines is 1. The molecule has 2 aromatic rings. The molecule has 2 aliphatic heterocycles. The zero-order valence-corrected chi connectivity index (χ0v) is 21.1. The standard InChI is InChI=1S/C29H31ClN2O4/c1-18-12-14-21(16-22(18)30)32-26(33)24-23(15-13-19-8-4-2-5-9-19)31-29(28(35)36,25(24)27(32)34)17-20-10-6-3-7-11-20/h2,4-5,8-9,12-16,20,23-25,31H,3,6-7,10-11,17H2,1H3,(H,35,36)/b15-13+. The fourth-order valence-electron chi connectivity index (χ4n) is 6.28. The highest BCUT2D eigenvalue weighted by molar-refractivity contribution is 6.32. The highest BCUT2D eigenvalue weighted by Crippen LogP contribution is 2.49. The zero-order chi connectivity index (χ0) is 25.4. The van der Waals surface area contributed by atoms with E-state index in [0.29, 0.717) is 17.1 Å². The monoisotopic (exact) mass is 506 g/mol. The SMILES string of the molecule is Cc1ccc(N2C(=O)C3C(/C=C/c4ccccc4)NC(CC4CCCCC4)(C(=O)O)C3C2=O)cc1Cl. The summed E-state index contributed by atoms with van der Waals surface area (Å²) in [7, 11) is 0. The number of carbonyl (C=O) groups is 3. The fourth-order valence-corrected chi connectivity index (χ4v) is 6.46. The van der Waals surface area contributed by atoms with Crippen LogP contribution in [0.2, 0.25) is 5.02 Å². The van der Waals surface area contributed by atoms with E-state index in [-0.39, 0.29) is 11.8 Å². The third-order valence-electron chi connectivity index (χ3n) is 8.12. The molecule has 7 heteroatoms. The lowest BCUT2D eigenvalue weighted by atomic mass is 9.72. The van der Waals surface area contributed by atoms with Crippen molar-refractivity contribution in [1.29, 1.82) is 0 Å². The molecule has 4 unspecified atom stereocenters. The van der Waals surface area contributed by atoms with Crippen molar-refractivity contribution in [3.05, 3.63) is 70.8 Å². The third kappa shape index (κ3) is 4.27. The summed E-state index contributed by atoms with van der Waals surface area (Å²) in [6, 6.07) is 14.1. The van der Waals surface area contributed by atoms with Crippen LogP contribution in [0.3, 0.4) is 0 Å². The average Bonchev–Trinajstić information content (AvgIpc) is 3.34. The molecule has 6 nitrogen and oxygen atoms in total. The van der Waals surface area contributed by atoms with Gasteiger partial charge in [-0.3, -0.25) is 19.7 Å². The van der Waals surface area contributed by atoms with E-state index in [2.05, 4.69) is 5.32 Å². The number of nitrogens with zero attached hydrogens (tertiary/aromatic N) is 1. The molecule has 0 aromatic heterocycles. The number of aliphatic carboxylic acids is 1. The summed E-state index contributed by atoms with van der Waals surface area (Å²) < 4.78 is 0. The minimum Gasteiger partial charge on any atom is -0.480 e. The largest absolute Gasteiger partial charge is 0.480 e. The number of carboxylic acids is 1. The molecule has 0 radical (unpaired) electrons. The van der Waals surface area contributed by atoms with Gasteiger partial charge in [0.05, 0.1) is 17.5 Å². The molecule has 2 aromatic carbocycles. The summed E-state index contributed by atoms with van der Waals surface area (Å²) >= 11 is 6.32. The topological polar surface area (TPSA) is 86.7 Å². The molecule has 3 fully saturated rings. The number of nitrogens with one attached hydrogen (secondary N) is 1. The highest BCUT2D eigenvalue weighted by atomic mass is 35.5. The van der Waals surface area contributed by atoms with E-state index in [1.807, 2.05) is 49.4 Å². The van der Waals surface area contributed by atoms with Crippen molar-refractivity contribution in [1.82, 2.24) is 5.32 Å². The second-order valence-corrected chi connectivity index (χ2v) is 10.8. The van der Waals surface area contributed by atoms with E-state index in [0.717, 1.165) is 48.1 Å². The van der Waals surface area contributed by atoms with Crippen molar-refractivity contribution in [3.63, 3.8) is 0 Å². The molecule has 2 amide bonds. The molecule has 2 heterocycles. The molecule has 3 aliphatic rings. The molecule has 0 bridgehead atoms. The van der Waals surface area contributed by atoms with Crippen LogP contribution in [0.25, 0.3) is 6.08 Å². The first-order valence-corrected chi connectivity index (χ1v) is 13.1. The first kappa shape index (κ1) is 24.7. The molecule has 5 rings (SSSR count). The average molecular weight is 507 g/mol. The number of hydrogen-bond acceptors (Lipinski definition) is 4. The molecule has 1 aliphatic carbocycles. The van der Waals surface area contributed by atoms with Crippen molar-refractivity contribution in [3.8, 4) is 0 Å². The van der Waals surface area contributed by atoms with E-state index >= 15 is 0 Å². The summed E-state index contributed by atoms with van der Waals surface area (Å²) in [4.78, 5) is 41.8. The second-order valence-electron chi connectivity index (χ2n) is 10.4. The van der Waals surface area contributed by atoms with Crippen LogP contribution in [-0.4, -0.2) is 34.5 Å². The number of carboxylic acid groups (broad SMARTS) is 1. The number of amides is 2. The Morgan fingerprint density at radius 2 is 1.83 bits per heavy atom. The lowest BCUT2D eigenvalue weighted by Gasteiger charge is -2.35. The van der Waals surface area contributed by atoms with Crippen LogP contribution in [0.5, 0.6) is 0 Å². The molecule has 2 N–H and O–H groups in total. The van der Waals surface area contributed by atoms with Crippen LogP contribution in [0.4, 0.5) is 5.69 Å². The van der Waals surface area contributed by atoms with Crippen LogP contribution < -0.4 is 10.2 Å². The van der Waals surface area contributed by atoms with E-state index < -0.39 is 35.3 Å². The molecule has 188 valence electrons. The minimum absolute atomic E-state index is 0.200. The summed E-state index contributed by atoms with van der Waals surface area (Å²) in [5.74, 6) is -3.51. The predicted octanol–water partition coefficient (Wildman–Crippen LogP) is 5.23. The first-order chi connectivity index (χ1) is 17.3. The Morgan fingerprint density at radius 1 is 1.11 bits per heavy atom. The Bertz CT molecular complexity index is 1210. The Balaban J connectivity index is 1.56. The van der Waals surface area contributed by atoms with Gasteiger partial charge in [0.15, 0.2) is 0 Å². The van der Waals surface area contributed by atoms with Gasteiger partial charge < -0.3 is 5.11 Å². The van der Waals surface area contributed by atoms with Gasteiger partial charge in [-0.05, 0) is 42.5 Å². The normalized spacial score (nSPS) is 28.7. The van der Waals surface area contributed by atoms with Gasteiger partial charge >= 0.3 is 5.97 Å². The molecular weight excluding hydrogens is 476 g/mol. The summed E-state index contributed by atoms with van der Waals surface area (Å²) in [6.45, 7) is 1.85. The molecule has 36 heavy (non-hydrogen) atoms. The van der Waals surface area contributed by atoms with Crippen LogP contribution in [-0.2, 0) is 14.4 Å². The maximum absolute atomic E-state index is 13.9. The number of aryl methyl sites for hydroxylation is 1. The van der Waals surface area contributed by atoms with Crippen LogP contribution in [0, 0.1) is 24.7 Å². The van der Waals surface area contributed by atoms with Crippen molar-refractivity contribution < 1.29 is 19.5 Å². The van der Waals surface area contributed by atoms with Crippen molar-refractivity contribution in [2.24, 2.45) is 17.8 Å². The van der Waals surface area contributed by atoms with Gasteiger partial charge in [-0.25, -0.2) is 4.90 Å². The summed E-state index contributed by atoms with van der Waals surface area (Å²) in [5.41, 5.74) is 0.656. The fraction of sp³-hybridized carbons (Fsp3) is 0.414. The Hall–Kier alpha value is -2.96. The van der Waals surface area contributed by atoms with E-state index in [9.17, 15) is 19.5 Å². The van der Waals surface area contributed by atoms with Gasteiger partial charge in [0.2, 0.25) is 11.8 Å². The van der Waals surface area contributed by atoms with Gasteiger partial charge in [0.25, 0.3) is 0 Å². The number of halogens is 1.